The molecule has 0 radical (unpaired) electrons. The van der Waals surface area contributed by atoms with E-state index in [0.29, 0.717) is 25.7 Å². The number of carbonyl (C=O) groups is 4. The molecule has 3 N–H and O–H groups in total. The number of phosphoric acid groups is 2. The first-order valence-corrected chi connectivity index (χ1v) is 43.3. The second-order valence-electron chi connectivity index (χ2n) is 29.5. The topological polar surface area (TPSA) is 237 Å². The normalized spacial score (nSPS) is 14.6. The first-order valence-electron chi connectivity index (χ1n) is 40.3. The maximum absolute atomic E-state index is 13.1. The van der Waals surface area contributed by atoms with Gasteiger partial charge in [-0.2, -0.15) is 0 Å². The van der Waals surface area contributed by atoms with E-state index in [1.165, 1.54) is 199 Å². The van der Waals surface area contributed by atoms with Crippen LogP contribution < -0.4 is 0 Å². The molecule has 17 nitrogen and oxygen atoms in total. The molecule has 0 aromatic rings. The average molecular weight is 1420 g/mol. The lowest BCUT2D eigenvalue weighted by molar-refractivity contribution is -0.161. The van der Waals surface area contributed by atoms with E-state index in [4.69, 9.17) is 37.0 Å². The van der Waals surface area contributed by atoms with Crippen LogP contribution in [-0.2, 0) is 65.4 Å². The van der Waals surface area contributed by atoms with Gasteiger partial charge in [0.05, 0.1) is 26.4 Å². The molecule has 19 heteroatoms. The fraction of sp³-hybridized carbons (Fsp3) is 0.949. The summed E-state index contributed by atoms with van der Waals surface area (Å²) < 4.78 is 68.6. The number of hydrogen-bond acceptors (Lipinski definition) is 15. The Bertz CT molecular complexity index is 1910. The van der Waals surface area contributed by atoms with Crippen LogP contribution in [0.15, 0.2) is 0 Å². The quantitative estimate of drug-likeness (QED) is 0.0222. The molecule has 0 saturated heterocycles. The van der Waals surface area contributed by atoms with Gasteiger partial charge in [-0.1, -0.05) is 344 Å². The second kappa shape index (κ2) is 67.2. The molecule has 0 aromatic carbocycles. The van der Waals surface area contributed by atoms with Gasteiger partial charge in [-0.05, 0) is 49.4 Å². The summed E-state index contributed by atoms with van der Waals surface area (Å²) in [5, 5.41) is 10.6. The van der Waals surface area contributed by atoms with Crippen LogP contribution in [0.1, 0.15) is 396 Å². The number of hydrogen-bond donors (Lipinski definition) is 3. The number of rotatable bonds is 75. The number of aliphatic hydroxyl groups excluding tert-OH is 1. The fourth-order valence-corrected chi connectivity index (χ4v) is 13.4. The van der Waals surface area contributed by atoms with Crippen molar-refractivity contribution in [3.63, 3.8) is 0 Å². The fourth-order valence-electron chi connectivity index (χ4n) is 11.8. The van der Waals surface area contributed by atoms with Crippen LogP contribution in [0.25, 0.3) is 0 Å². The molecule has 7 atom stereocenters. The number of phosphoric ester groups is 2. The molecule has 0 heterocycles. The van der Waals surface area contributed by atoms with Crippen LogP contribution in [0.4, 0.5) is 0 Å². The molecule has 0 aliphatic carbocycles. The highest BCUT2D eigenvalue weighted by Crippen LogP contribution is 2.45. The lowest BCUT2D eigenvalue weighted by atomic mass is 9.99. The monoisotopic (exact) mass is 1420 g/mol. The average Bonchev–Trinajstić information content (AvgIpc) is 1.05. The van der Waals surface area contributed by atoms with Crippen LogP contribution in [0.5, 0.6) is 0 Å². The number of carbonyl (C=O) groups excluding carboxylic acids is 4. The maximum atomic E-state index is 13.1. The lowest BCUT2D eigenvalue weighted by Crippen LogP contribution is -2.30. The summed E-state index contributed by atoms with van der Waals surface area (Å²) in [6, 6.07) is 0. The molecule has 0 aromatic heterocycles. The molecule has 0 amide bonds. The SMILES string of the molecule is CCC(C)CCCCCCCCCCC(=O)OC[C@H](COP(=O)(O)OC[C@H](O)COP(=O)(O)OC[C@@H](COC(=O)CCCCCCCCCCCCCCCC(C)C)OC(=O)CCCCCCCCCCCCCCCCC(C)C)OC(=O)CCCCCCCCCCC(C)CC. The summed E-state index contributed by atoms with van der Waals surface area (Å²) >= 11 is 0. The summed E-state index contributed by atoms with van der Waals surface area (Å²) in [6.45, 7) is 14.3. The summed E-state index contributed by atoms with van der Waals surface area (Å²) in [6.07, 6.45) is 52.6. The predicted molar refractivity (Wildman–Crippen MR) is 395 cm³/mol. The van der Waals surface area contributed by atoms with Gasteiger partial charge in [0.2, 0.25) is 0 Å². The molecular formula is C78H152O17P2. The highest BCUT2D eigenvalue weighted by Gasteiger charge is 2.30. The molecule has 0 rings (SSSR count). The minimum absolute atomic E-state index is 0.104. The van der Waals surface area contributed by atoms with Crippen LogP contribution in [0.3, 0.4) is 0 Å². The zero-order valence-electron chi connectivity index (χ0n) is 63.7. The van der Waals surface area contributed by atoms with Gasteiger partial charge in [-0.3, -0.25) is 37.3 Å². The minimum atomic E-state index is -4.96. The van der Waals surface area contributed by atoms with Gasteiger partial charge in [0, 0.05) is 25.7 Å². The predicted octanol–water partition coefficient (Wildman–Crippen LogP) is 22.8. The lowest BCUT2D eigenvalue weighted by Gasteiger charge is -2.21. The largest absolute Gasteiger partial charge is 0.472 e. The Kier molecular flexibility index (Phi) is 65.9. The van der Waals surface area contributed by atoms with Crippen molar-refractivity contribution in [3.8, 4) is 0 Å². The van der Waals surface area contributed by atoms with Gasteiger partial charge in [-0.15, -0.1) is 0 Å². The van der Waals surface area contributed by atoms with Crippen LogP contribution in [0, 0.1) is 23.7 Å². The van der Waals surface area contributed by atoms with Crippen LogP contribution in [0.2, 0.25) is 0 Å². The highest BCUT2D eigenvalue weighted by atomic mass is 31.2. The van der Waals surface area contributed by atoms with Crippen molar-refractivity contribution in [1.82, 2.24) is 0 Å². The summed E-state index contributed by atoms with van der Waals surface area (Å²) in [5.74, 6) is 1.01. The second-order valence-corrected chi connectivity index (χ2v) is 32.4. The molecule has 0 fully saturated rings. The van der Waals surface area contributed by atoms with Gasteiger partial charge < -0.3 is 33.8 Å². The van der Waals surface area contributed by atoms with Crippen molar-refractivity contribution in [3.05, 3.63) is 0 Å². The zero-order chi connectivity index (χ0) is 71.7. The van der Waals surface area contributed by atoms with Crippen LogP contribution in [-0.4, -0.2) is 96.7 Å². The minimum Gasteiger partial charge on any atom is -0.462 e. The molecule has 0 aliphatic rings. The molecule has 0 aliphatic heterocycles. The van der Waals surface area contributed by atoms with Gasteiger partial charge in [0.25, 0.3) is 0 Å². The van der Waals surface area contributed by atoms with Crippen LogP contribution >= 0.6 is 15.6 Å². The van der Waals surface area contributed by atoms with E-state index in [2.05, 4.69) is 55.4 Å². The molecule has 0 spiro atoms. The van der Waals surface area contributed by atoms with E-state index < -0.39 is 97.5 Å². The Morgan fingerprint density at radius 2 is 0.495 bits per heavy atom. The molecule has 0 bridgehead atoms. The molecule has 4 unspecified atom stereocenters. The van der Waals surface area contributed by atoms with Crippen molar-refractivity contribution < 1.29 is 80.2 Å². The standard InChI is InChI=1S/C78H152O17P2/c1-9-70(7)56-48-40-32-26-28-35-43-51-59-76(81)89-65-74(95-78(83)61-53-45-37-29-27-33-41-49-57-71(8)10-2)67-93-97(86,87)91-63-72(79)62-90-96(84,85)92-66-73(64-88-75(80)58-50-42-34-24-20-17-13-15-19-23-31-39-47-55-69(5)6)94-77(82)60-52-44-36-25-21-16-12-11-14-18-22-30-38-46-54-68(3)4/h68-74,79H,9-67H2,1-8H3,(H,84,85)(H,86,87)/t70?,71?,72-,73-,74-/m1/s1. The molecule has 0 saturated carbocycles. The number of unbranched alkanes of at least 4 members (excludes halogenated alkanes) is 39. The Hall–Kier alpha value is -1.94. The van der Waals surface area contributed by atoms with E-state index in [9.17, 15) is 43.2 Å². The summed E-state index contributed by atoms with van der Waals surface area (Å²) in [7, 11) is -9.92. The first kappa shape index (κ1) is 95.1. The van der Waals surface area contributed by atoms with E-state index in [-0.39, 0.29) is 25.7 Å². The number of esters is 4. The van der Waals surface area contributed by atoms with E-state index in [1.807, 2.05) is 0 Å². The number of ether oxygens (including phenoxy) is 4. The van der Waals surface area contributed by atoms with Crippen molar-refractivity contribution in [2.24, 2.45) is 23.7 Å². The van der Waals surface area contributed by atoms with Gasteiger partial charge in [0.15, 0.2) is 12.2 Å². The van der Waals surface area contributed by atoms with Gasteiger partial charge in [-0.25, -0.2) is 9.13 Å². The van der Waals surface area contributed by atoms with E-state index >= 15 is 0 Å². The van der Waals surface area contributed by atoms with Crippen molar-refractivity contribution in [1.29, 1.82) is 0 Å². The summed E-state index contributed by atoms with van der Waals surface area (Å²) in [4.78, 5) is 72.9. The zero-order valence-corrected chi connectivity index (χ0v) is 65.5. The number of aliphatic hydroxyl groups is 1. The van der Waals surface area contributed by atoms with Crippen molar-refractivity contribution in [2.45, 2.75) is 414 Å². The Labute approximate surface area is 594 Å². The van der Waals surface area contributed by atoms with Gasteiger partial charge >= 0.3 is 39.5 Å². The third-order valence-corrected chi connectivity index (χ3v) is 20.7. The Morgan fingerprint density at radius 3 is 0.732 bits per heavy atom. The molecule has 97 heavy (non-hydrogen) atoms. The summed E-state index contributed by atoms with van der Waals surface area (Å²) in [5.41, 5.74) is 0. The van der Waals surface area contributed by atoms with E-state index in [0.717, 1.165) is 114 Å². The smallest absolute Gasteiger partial charge is 0.462 e. The molecule has 576 valence electrons. The van der Waals surface area contributed by atoms with Crippen molar-refractivity contribution in [2.75, 3.05) is 39.6 Å². The highest BCUT2D eigenvalue weighted by molar-refractivity contribution is 7.47. The van der Waals surface area contributed by atoms with Gasteiger partial charge in [0.1, 0.15) is 19.3 Å². The third-order valence-electron chi connectivity index (χ3n) is 18.8. The molecular weight excluding hydrogens is 1270 g/mol. The third kappa shape index (κ3) is 69.5. The first-order chi connectivity index (χ1) is 46.7. The maximum Gasteiger partial charge on any atom is 0.472 e. The van der Waals surface area contributed by atoms with E-state index in [1.54, 1.807) is 0 Å². The Morgan fingerprint density at radius 1 is 0.289 bits per heavy atom. The van der Waals surface area contributed by atoms with Crippen molar-refractivity contribution >= 4 is 39.5 Å². The Balaban J connectivity index is 5.27.